The third kappa shape index (κ3) is 3.16. The molecule has 0 bridgehead atoms. The van der Waals surface area contributed by atoms with Crippen LogP contribution >= 0.6 is 11.3 Å². The Morgan fingerprint density at radius 3 is 2.38 bits per heavy atom. The molecule has 0 unspecified atom stereocenters. The summed E-state index contributed by atoms with van der Waals surface area (Å²) in [5.41, 5.74) is 5.47. The molecule has 6 heteroatoms. The van der Waals surface area contributed by atoms with Gasteiger partial charge in [-0.15, -0.1) is 10.2 Å². The Bertz CT molecular complexity index is 361. The van der Waals surface area contributed by atoms with Gasteiger partial charge in [0, 0.05) is 12.6 Å². The predicted molar refractivity (Wildman–Crippen MR) is 65.3 cm³/mol. The van der Waals surface area contributed by atoms with Crippen LogP contribution in [0.2, 0.25) is 0 Å². The molecule has 16 heavy (non-hydrogen) atoms. The fourth-order valence-electron chi connectivity index (χ4n) is 1.37. The molecule has 0 atom stereocenters. The average molecular weight is 242 g/mol. The SMILES string of the molecule is CC(C)CN(C(=O)c1nnc(N)s1)C(C)C. The molecule has 0 aliphatic rings. The lowest BCUT2D eigenvalue weighted by Gasteiger charge is -2.27. The normalized spacial score (nSPS) is 11.1. The highest BCUT2D eigenvalue weighted by atomic mass is 32.1. The molecule has 5 nitrogen and oxygen atoms in total. The van der Waals surface area contributed by atoms with E-state index in [9.17, 15) is 4.79 Å². The van der Waals surface area contributed by atoms with Crippen molar-refractivity contribution in [1.29, 1.82) is 0 Å². The van der Waals surface area contributed by atoms with Gasteiger partial charge in [-0.2, -0.15) is 0 Å². The van der Waals surface area contributed by atoms with Gasteiger partial charge in [0.25, 0.3) is 5.91 Å². The number of carbonyl (C=O) groups excluding carboxylic acids is 1. The van der Waals surface area contributed by atoms with Crippen molar-refractivity contribution >= 4 is 22.4 Å². The van der Waals surface area contributed by atoms with E-state index >= 15 is 0 Å². The van der Waals surface area contributed by atoms with Crippen LogP contribution in [-0.2, 0) is 0 Å². The van der Waals surface area contributed by atoms with Crippen molar-refractivity contribution in [2.75, 3.05) is 12.3 Å². The molecule has 1 heterocycles. The fraction of sp³-hybridized carbons (Fsp3) is 0.700. The summed E-state index contributed by atoms with van der Waals surface area (Å²) in [4.78, 5) is 13.9. The largest absolute Gasteiger partial charge is 0.374 e. The zero-order chi connectivity index (χ0) is 12.3. The Morgan fingerprint density at radius 1 is 1.38 bits per heavy atom. The molecule has 0 fully saturated rings. The minimum Gasteiger partial charge on any atom is -0.374 e. The van der Waals surface area contributed by atoms with Crippen LogP contribution in [0.4, 0.5) is 5.13 Å². The van der Waals surface area contributed by atoms with Gasteiger partial charge in [-0.05, 0) is 19.8 Å². The van der Waals surface area contributed by atoms with Crippen LogP contribution in [0.25, 0.3) is 0 Å². The third-order valence-electron chi connectivity index (χ3n) is 2.07. The molecule has 2 N–H and O–H groups in total. The zero-order valence-electron chi connectivity index (χ0n) is 10.1. The second-order valence-electron chi connectivity index (χ2n) is 4.39. The van der Waals surface area contributed by atoms with Gasteiger partial charge < -0.3 is 10.6 Å². The van der Waals surface area contributed by atoms with Crippen LogP contribution in [0, 0.1) is 5.92 Å². The second kappa shape index (κ2) is 5.25. The Kier molecular flexibility index (Phi) is 4.23. The summed E-state index contributed by atoms with van der Waals surface area (Å²) in [6.07, 6.45) is 0. The first kappa shape index (κ1) is 12.9. The Hall–Kier alpha value is -1.17. The molecule has 0 aliphatic carbocycles. The Labute approximate surface area is 99.7 Å². The maximum Gasteiger partial charge on any atom is 0.285 e. The van der Waals surface area contributed by atoms with Gasteiger partial charge in [-0.1, -0.05) is 25.2 Å². The molecule has 1 aromatic heterocycles. The average Bonchev–Trinajstić information content (AvgIpc) is 2.59. The van der Waals surface area contributed by atoms with Gasteiger partial charge in [0.2, 0.25) is 10.1 Å². The number of nitrogens with zero attached hydrogens (tertiary/aromatic N) is 3. The number of nitrogen functional groups attached to an aromatic ring is 1. The van der Waals surface area contributed by atoms with Gasteiger partial charge in [-0.3, -0.25) is 4.79 Å². The van der Waals surface area contributed by atoms with Crippen LogP contribution in [0.1, 0.15) is 37.5 Å². The van der Waals surface area contributed by atoms with Crippen molar-refractivity contribution in [2.24, 2.45) is 5.92 Å². The molecule has 0 spiro atoms. The highest BCUT2D eigenvalue weighted by Gasteiger charge is 2.22. The Balaban J connectivity index is 2.83. The molecule has 0 radical (unpaired) electrons. The van der Waals surface area contributed by atoms with Gasteiger partial charge >= 0.3 is 0 Å². The molecular weight excluding hydrogens is 224 g/mol. The van der Waals surface area contributed by atoms with Crippen molar-refractivity contribution in [3.8, 4) is 0 Å². The quantitative estimate of drug-likeness (QED) is 0.871. The van der Waals surface area contributed by atoms with Crippen LogP contribution < -0.4 is 5.73 Å². The topological polar surface area (TPSA) is 72.1 Å². The first-order valence-corrected chi connectivity index (χ1v) is 6.13. The molecule has 1 amide bonds. The van der Waals surface area contributed by atoms with Crippen molar-refractivity contribution < 1.29 is 4.79 Å². The van der Waals surface area contributed by atoms with Crippen LogP contribution in [-0.4, -0.2) is 33.6 Å². The summed E-state index contributed by atoms with van der Waals surface area (Å²) >= 11 is 1.13. The smallest absolute Gasteiger partial charge is 0.285 e. The predicted octanol–water partition coefficient (Wildman–Crippen LogP) is 1.63. The number of hydrogen-bond donors (Lipinski definition) is 1. The number of nitrogens with two attached hydrogens (primary N) is 1. The number of anilines is 1. The summed E-state index contributed by atoms with van der Waals surface area (Å²) < 4.78 is 0. The van der Waals surface area contributed by atoms with E-state index < -0.39 is 0 Å². The minimum absolute atomic E-state index is 0.0853. The molecule has 1 rings (SSSR count). The summed E-state index contributed by atoms with van der Waals surface area (Å²) in [7, 11) is 0. The molecule has 0 aliphatic heterocycles. The molecule has 0 saturated carbocycles. The van der Waals surface area contributed by atoms with Gasteiger partial charge in [0.1, 0.15) is 0 Å². The Morgan fingerprint density at radius 2 is 2.00 bits per heavy atom. The first-order chi connectivity index (χ1) is 7.41. The summed E-state index contributed by atoms with van der Waals surface area (Å²) in [5.74, 6) is 0.342. The lowest BCUT2D eigenvalue weighted by molar-refractivity contribution is 0.0680. The van der Waals surface area contributed by atoms with Crippen LogP contribution in [0.3, 0.4) is 0 Å². The van der Waals surface area contributed by atoms with Gasteiger partial charge in [0.05, 0.1) is 0 Å². The molecule has 90 valence electrons. The lowest BCUT2D eigenvalue weighted by Crippen LogP contribution is -2.39. The molecule has 1 aromatic rings. The van der Waals surface area contributed by atoms with Gasteiger partial charge in [0.15, 0.2) is 0 Å². The zero-order valence-corrected chi connectivity index (χ0v) is 10.9. The van der Waals surface area contributed by atoms with E-state index in [0.29, 0.717) is 16.1 Å². The van der Waals surface area contributed by atoms with Gasteiger partial charge in [-0.25, -0.2) is 0 Å². The molecular formula is C10H18N4OS. The van der Waals surface area contributed by atoms with Crippen LogP contribution in [0.15, 0.2) is 0 Å². The minimum atomic E-state index is -0.0853. The standard InChI is InChI=1S/C10H18N4OS/c1-6(2)5-14(7(3)4)9(15)8-12-13-10(11)16-8/h6-7H,5H2,1-4H3,(H2,11,13). The first-order valence-electron chi connectivity index (χ1n) is 5.31. The van der Waals surface area contributed by atoms with Crippen molar-refractivity contribution in [2.45, 2.75) is 33.7 Å². The molecule has 0 saturated heterocycles. The number of carbonyl (C=O) groups is 1. The number of hydrogen-bond acceptors (Lipinski definition) is 5. The maximum absolute atomic E-state index is 12.1. The third-order valence-corrected chi connectivity index (χ3v) is 2.81. The van der Waals surface area contributed by atoms with E-state index in [1.54, 1.807) is 4.90 Å². The fourth-order valence-corrected chi connectivity index (χ4v) is 1.93. The number of aromatic nitrogens is 2. The second-order valence-corrected chi connectivity index (χ2v) is 5.40. The van der Waals surface area contributed by atoms with E-state index in [1.807, 2.05) is 13.8 Å². The van der Waals surface area contributed by atoms with Crippen molar-refractivity contribution in [1.82, 2.24) is 15.1 Å². The van der Waals surface area contributed by atoms with E-state index in [0.717, 1.165) is 17.9 Å². The molecule has 0 aromatic carbocycles. The van der Waals surface area contributed by atoms with Crippen LogP contribution in [0.5, 0.6) is 0 Å². The number of amides is 1. The summed E-state index contributed by atoms with van der Waals surface area (Å²) in [6, 6.07) is 0.153. The summed E-state index contributed by atoms with van der Waals surface area (Å²) in [6.45, 7) is 8.86. The van der Waals surface area contributed by atoms with Crippen molar-refractivity contribution in [3.05, 3.63) is 5.01 Å². The maximum atomic E-state index is 12.1. The highest BCUT2D eigenvalue weighted by molar-refractivity contribution is 7.16. The van der Waals surface area contributed by atoms with E-state index in [-0.39, 0.29) is 11.9 Å². The van der Waals surface area contributed by atoms with E-state index in [4.69, 9.17) is 5.73 Å². The monoisotopic (exact) mass is 242 g/mol. The van der Waals surface area contributed by atoms with E-state index in [1.165, 1.54) is 0 Å². The van der Waals surface area contributed by atoms with E-state index in [2.05, 4.69) is 24.0 Å². The van der Waals surface area contributed by atoms with Crippen molar-refractivity contribution in [3.63, 3.8) is 0 Å². The summed E-state index contributed by atoms with van der Waals surface area (Å²) in [5, 5.41) is 8.13. The highest BCUT2D eigenvalue weighted by Crippen LogP contribution is 2.16. The lowest BCUT2D eigenvalue weighted by atomic mass is 10.2. The number of rotatable bonds is 4.